The van der Waals surface area contributed by atoms with E-state index in [-0.39, 0.29) is 18.2 Å². The van der Waals surface area contributed by atoms with Crippen molar-refractivity contribution in [1.82, 2.24) is 0 Å². The molecule has 5 rings (SSSR count). The maximum atomic E-state index is 13.5. The van der Waals surface area contributed by atoms with Crippen molar-refractivity contribution in [2.45, 2.75) is 51.4 Å². The van der Waals surface area contributed by atoms with Gasteiger partial charge in [-0.2, -0.15) is 0 Å². The molecular formula is C30H29NO4. The number of benzene rings is 2. The van der Waals surface area contributed by atoms with Crippen LogP contribution in [0.15, 0.2) is 71.1 Å². The fourth-order valence-corrected chi connectivity index (χ4v) is 5.55. The van der Waals surface area contributed by atoms with E-state index in [4.69, 9.17) is 15.9 Å². The van der Waals surface area contributed by atoms with E-state index in [1.165, 1.54) is 0 Å². The van der Waals surface area contributed by atoms with Gasteiger partial charge in [-0.05, 0) is 62.4 Å². The van der Waals surface area contributed by atoms with Crippen LogP contribution in [0.25, 0.3) is 0 Å². The maximum absolute atomic E-state index is 13.5. The van der Waals surface area contributed by atoms with E-state index in [9.17, 15) is 9.59 Å². The minimum absolute atomic E-state index is 0.118. The lowest BCUT2D eigenvalue weighted by atomic mass is 9.71. The van der Waals surface area contributed by atoms with Crippen molar-refractivity contribution in [3.63, 3.8) is 0 Å². The zero-order valence-electron chi connectivity index (χ0n) is 20.0. The van der Waals surface area contributed by atoms with Gasteiger partial charge in [0.15, 0.2) is 23.1 Å². The van der Waals surface area contributed by atoms with E-state index >= 15 is 0 Å². The van der Waals surface area contributed by atoms with E-state index in [1.54, 1.807) is 0 Å². The number of terminal acetylenes is 1. The summed E-state index contributed by atoms with van der Waals surface area (Å²) < 4.78 is 11.6. The van der Waals surface area contributed by atoms with Crippen molar-refractivity contribution in [1.29, 1.82) is 0 Å². The first-order valence-corrected chi connectivity index (χ1v) is 12.3. The fraction of sp³-hybridized carbons (Fsp3) is 0.333. The number of ether oxygens (including phenoxy) is 2. The van der Waals surface area contributed by atoms with Crippen LogP contribution in [-0.2, 0) is 9.59 Å². The van der Waals surface area contributed by atoms with Crippen LogP contribution in [0.1, 0.15) is 56.9 Å². The molecule has 0 saturated carbocycles. The van der Waals surface area contributed by atoms with Gasteiger partial charge in [-0.3, -0.25) is 9.59 Å². The van der Waals surface area contributed by atoms with Crippen LogP contribution in [-0.4, -0.2) is 24.8 Å². The summed E-state index contributed by atoms with van der Waals surface area (Å²) in [7, 11) is 0. The Kier molecular flexibility index (Phi) is 6.46. The van der Waals surface area contributed by atoms with Gasteiger partial charge in [0.25, 0.3) is 0 Å². The van der Waals surface area contributed by atoms with Crippen molar-refractivity contribution in [3.8, 4) is 23.8 Å². The number of rotatable bonds is 6. The van der Waals surface area contributed by atoms with Gasteiger partial charge in [-0.15, -0.1) is 6.42 Å². The molecule has 2 aliphatic carbocycles. The summed E-state index contributed by atoms with van der Waals surface area (Å²) in [6, 6.07) is 15.8. The smallest absolute Gasteiger partial charge is 0.162 e. The highest BCUT2D eigenvalue weighted by Gasteiger charge is 2.43. The highest BCUT2D eigenvalue weighted by molar-refractivity contribution is 6.07. The highest BCUT2D eigenvalue weighted by atomic mass is 16.5. The largest absolute Gasteiger partial charge is 0.490 e. The standard InChI is InChI=1S/C30H29NO4/c1-3-18-35-26-17-16-20(19-27(26)34-4-2)28-29-22(12-8-14-24(29)32)31(21-10-6-5-7-11-21)23-13-9-15-25(33)30(23)28/h1,5-7,10-11,16-17,19,28H,4,8-9,12-15,18H2,2H3. The average molecular weight is 468 g/mol. The molecule has 2 aromatic rings. The van der Waals surface area contributed by atoms with E-state index in [1.807, 2.05) is 43.3 Å². The molecule has 1 heterocycles. The molecule has 0 N–H and O–H groups in total. The third-order valence-corrected chi connectivity index (χ3v) is 6.90. The van der Waals surface area contributed by atoms with Gasteiger partial charge in [-0.1, -0.05) is 30.2 Å². The van der Waals surface area contributed by atoms with Crippen LogP contribution in [0.2, 0.25) is 0 Å². The number of hydrogen-bond acceptors (Lipinski definition) is 5. The van der Waals surface area contributed by atoms with Crippen molar-refractivity contribution in [2.75, 3.05) is 18.1 Å². The maximum Gasteiger partial charge on any atom is 0.162 e. The summed E-state index contributed by atoms with van der Waals surface area (Å²) in [4.78, 5) is 29.2. The third kappa shape index (κ3) is 4.14. The molecule has 0 radical (unpaired) electrons. The number of carbonyl (C=O) groups is 2. The number of anilines is 1. The Morgan fingerprint density at radius 3 is 2.14 bits per heavy atom. The Morgan fingerprint density at radius 1 is 0.886 bits per heavy atom. The summed E-state index contributed by atoms with van der Waals surface area (Å²) in [6.45, 7) is 2.51. The Balaban J connectivity index is 1.72. The SMILES string of the molecule is C#CCOc1ccc(C2C3=C(CCCC3=O)N(c3ccccc3)C3=C2C(=O)CCC3)cc1OCC. The van der Waals surface area contributed by atoms with E-state index in [0.29, 0.717) is 30.9 Å². The minimum atomic E-state index is -0.401. The molecule has 0 bridgehead atoms. The summed E-state index contributed by atoms with van der Waals surface area (Å²) in [6.07, 6.45) is 9.61. The monoisotopic (exact) mass is 467 g/mol. The van der Waals surface area contributed by atoms with Crippen LogP contribution >= 0.6 is 0 Å². The molecule has 1 aliphatic heterocycles. The van der Waals surface area contributed by atoms with E-state index in [2.05, 4.69) is 23.0 Å². The molecule has 178 valence electrons. The number of para-hydroxylation sites is 1. The summed E-state index contributed by atoms with van der Waals surface area (Å²) >= 11 is 0. The van der Waals surface area contributed by atoms with Gasteiger partial charge in [0.1, 0.15) is 6.61 Å². The lowest BCUT2D eigenvalue weighted by Crippen LogP contribution is -2.39. The predicted octanol–water partition coefficient (Wildman–Crippen LogP) is 5.72. The molecule has 0 amide bonds. The van der Waals surface area contributed by atoms with E-state index < -0.39 is 5.92 Å². The lowest BCUT2D eigenvalue weighted by molar-refractivity contribution is -0.116. The molecule has 0 unspecified atom stereocenters. The Hall–Kier alpha value is -3.78. The number of hydrogen-bond donors (Lipinski definition) is 0. The molecule has 3 aliphatic rings. The summed E-state index contributed by atoms with van der Waals surface area (Å²) in [5.41, 5.74) is 5.42. The number of carbonyl (C=O) groups excluding carboxylic acids is 2. The van der Waals surface area contributed by atoms with Crippen LogP contribution in [0.4, 0.5) is 5.69 Å². The van der Waals surface area contributed by atoms with Gasteiger partial charge in [0.05, 0.1) is 6.61 Å². The molecule has 5 heteroatoms. The first-order valence-electron chi connectivity index (χ1n) is 12.3. The van der Waals surface area contributed by atoms with Gasteiger partial charge < -0.3 is 14.4 Å². The normalized spacial score (nSPS) is 18.2. The lowest BCUT2D eigenvalue weighted by Gasteiger charge is -2.44. The number of nitrogens with zero attached hydrogens (tertiary/aromatic N) is 1. The second-order valence-corrected chi connectivity index (χ2v) is 9.01. The molecule has 2 aromatic carbocycles. The zero-order valence-corrected chi connectivity index (χ0v) is 20.0. The minimum Gasteiger partial charge on any atom is -0.490 e. The van der Waals surface area contributed by atoms with Crippen molar-refractivity contribution < 1.29 is 19.1 Å². The van der Waals surface area contributed by atoms with Gasteiger partial charge in [-0.25, -0.2) is 0 Å². The molecule has 0 spiro atoms. The van der Waals surface area contributed by atoms with Crippen molar-refractivity contribution in [2.24, 2.45) is 0 Å². The molecule has 0 aromatic heterocycles. The molecule has 35 heavy (non-hydrogen) atoms. The molecule has 0 saturated heterocycles. The second kappa shape index (κ2) is 9.84. The van der Waals surface area contributed by atoms with Gasteiger partial charge in [0, 0.05) is 47.0 Å². The number of Topliss-reactive ketones (excluding diaryl/α,β-unsaturated/α-hetero) is 2. The number of ketones is 2. The first kappa shape index (κ1) is 23.0. The van der Waals surface area contributed by atoms with Gasteiger partial charge in [0.2, 0.25) is 0 Å². The fourth-order valence-electron chi connectivity index (χ4n) is 5.55. The second-order valence-electron chi connectivity index (χ2n) is 9.01. The third-order valence-electron chi connectivity index (χ3n) is 6.90. The quantitative estimate of drug-likeness (QED) is 0.509. The van der Waals surface area contributed by atoms with Crippen LogP contribution in [0.3, 0.4) is 0 Å². The Bertz CT molecular complexity index is 1220. The predicted molar refractivity (Wildman–Crippen MR) is 135 cm³/mol. The van der Waals surface area contributed by atoms with Crippen LogP contribution in [0, 0.1) is 12.3 Å². The van der Waals surface area contributed by atoms with Crippen LogP contribution in [0.5, 0.6) is 11.5 Å². The van der Waals surface area contributed by atoms with E-state index in [0.717, 1.165) is 59.5 Å². The zero-order chi connectivity index (χ0) is 24.4. The molecule has 5 nitrogen and oxygen atoms in total. The highest BCUT2D eigenvalue weighted by Crippen LogP contribution is 2.51. The van der Waals surface area contributed by atoms with Crippen LogP contribution < -0.4 is 14.4 Å². The van der Waals surface area contributed by atoms with Crippen molar-refractivity contribution in [3.05, 3.63) is 76.6 Å². The van der Waals surface area contributed by atoms with Crippen molar-refractivity contribution >= 4 is 17.3 Å². The Morgan fingerprint density at radius 2 is 1.54 bits per heavy atom. The summed E-state index contributed by atoms with van der Waals surface area (Å²) in [5, 5.41) is 0. The Labute approximate surface area is 206 Å². The van der Waals surface area contributed by atoms with Gasteiger partial charge >= 0.3 is 0 Å². The molecule has 0 atom stereocenters. The average Bonchev–Trinajstić information content (AvgIpc) is 2.88. The molecular weight excluding hydrogens is 438 g/mol. The summed E-state index contributed by atoms with van der Waals surface area (Å²) in [5.74, 6) is 3.45. The number of allylic oxidation sites excluding steroid dienone is 4. The first-order chi connectivity index (χ1) is 17.1. The topological polar surface area (TPSA) is 55.8 Å². The molecule has 0 fully saturated rings.